The smallest absolute Gasteiger partial charge is 0.272 e. The average Bonchev–Trinajstić information content (AvgIpc) is 3.73. The van der Waals surface area contributed by atoms with Crippen molar-refractivity contribution in [3.8, 4) is 0 Å². The van der Waals surface area contributed by atoms with E-state index >= 15 is 0 Å². The Morgan fingerprint density at radius 3 is 1.88 bits per heavy atom. The molecule has 0 aliphatic carbocycles. The minimum absolute atomic E-state index is 0. The highest BCUT2D eigenvalue weighted by molar-refractivity contribution is 6.18. The van der Waals surface area contributed by atoms with Gasteiger partial charge >= 0.3 is 0 Å². The molecule has 4 rings (SSSR count). The number of hydrazine groups is 1. The molecule has 0 aliphatic rings. The van der Waals surface area contributed by atoms with Gasteiger partial charge in [0.1, 0.15) is 17.1 Å². The third kappa shape index (κ3) is 9.75. The second-order valence-corrected chi connectivity index (χ2v) is 11.6. The molecule has 4 aromatic rings. The van der Waals surface area contributed by atoms with E-state index in [1.54, 1.807) is 71.6 Å². The maximum atomic E-state index is 13.5. The molecule has 4 amide bonds. The van der Waals surface area contributed by atoms with Crippen molar-refractivity contribution in [1.82, 2.24) is 24.4 Å². The summed E-state index contributed by atoms with van der Waals surface area (Å²) in [5.74, 6) is -1.31. The number of amides is 4. The molecule has 0 spiro atoms. The Labute approximate surface area is 295 Å². The molecule has 0 atom stereocenters. The lowest BCUT2D eigenvalue weighted by molar-refractivity contribution is 0.0943. The fourth-order valence-corrected chi connectivity index (χ4v) is 5.15. The molecular formula is C33H42Cl2N10O4. The summed E-state index contributed by atoms with van der Waals surface area (Å²) in [6, 6.07) is 12.1. The van der Waals surface area contributed by atoms with Crippen molar-refractivity contribution < 1.29 is 19.2 Å². The number of benzene rings is 1. The quantitative estimate of drug-likeness (QED) is 0.0468. The summed E-state index contributed by atoms with van der Waals surface area (Å²) >= 11 is 5.92. The van der Waals surface area contributed by atoms with Crippen molar-refractivity contribution in [3.63, 3.8) is 0 Å². The van der Waals surface area contributed by atoms with Crippen molar-refractivity contribution in [1.29, 1.82) is 5.41 Å². The van der Waals surface area contributed by atoms with Gasteiger partial charge in [-0.15, -0.1) is 24.0 Å². The molecule has 14 nitrogen and oxygen atoms in total. The van der Waals surface area contributed by atoms with E-state index in [0.29, 0.717) is 34.9 Å². The van der Waals surface area contributed by atoms with Crippen LogP contribution in [0.3, 0.4) is 0 Å². The number of hydrogen-bond acceptors (Lipinski definition) is 6. The molecule has 1 aromatic carbocycles. The molecule has 16 heteroatoms. The summed E-state index contributed by atoms with van der Waals surface area (Å²) < 4.78 is 4.76. The first-order chi connectivity index (χ1) is 22.9. The van der Waals surface area contributed by atoms with E-state index in [-0.39, 0.29) is 60.3 Å². The van der Waals surface area contributed by atoms with E-state index in [2.05, 4.69) is 28.3 Å². The van der Waals surface area contributed by atoms with Crippen LogP contribution in [0.2, 0.25) is 0 Å². The van der Waals surface area contributed by atoms with Crippen molar-refractivity contribution >= 4 is 70.5 Å². The third-order valence-corrected chi connectivity index (χ3v) is 7.65. The van der Waals surface area contributed by atoms with E-state index < -0.39 is 11.8 Å². The normalized spacial score (nSPS) is 10.6. The zero-order valence-corrected chi connectivity index (χ0v) is 29.4. The first kappa shape index (κ1) is 38.4. The van der Waals surface area contributed by atoms with Crippen LogP contribution in [0.25, 0.3) is 0 Å². The molecule has 0 bridgehead atoms. The number of carbonyl (C=O) groups is 4. The number of amidine groups is 1. The van der Waals surface area contributed by atoms with E-state index in [0.717, 1.165) is 18.4 Å². The SMILES string of the molecule is CCCc1ccc(C(=O)N(NCCCl)c2cc(C(=O)Nc3cc(C(=O)Nc4cc(C(=O)NCCC(=N)N)n(C)c4)n(C)c3)n(C)c2)cc1.Cl. The molecule has 0 saturated carbocycles. The average molecular weight is 714 g/mol. The molecular weight excluding hydrogens is 671 g/mol. The van der Waals surface area contributed by atoms with Crippen LogP contribution in [0.15, 0.2) is 61.1 Å². The number of anilines is 3. The predicted octanol–water partition coefficient (Wildman–Crippen LogP) is 4.03. The Morgan fingerprint density at radius 1 is 0.816 bits per heavy atom. The van der Waals surface area contributed by atoms with Gasteiger partial charge in [0.05, 0.1) is 22.9 Å². The number of nitrogens with zero attached hydrogens (tertiary/aromatic N) is 4. The van der Waals surface area contributed by atoms with Gasteiger partial charge in [0.2, 0.25) is 0 Å². The lowest BCUT2D eigenvalue weighted by Gasteiger charge is -2.22. The number of rotatable bonds is 15. The van der Waals surface area contributed by atoms with Crippen molar-refractivity contribution in [2.45, 2.75) is 26.2 Å². The maximum Gasteiger partial charge on any atom is 0.272 e. The highest BCUT2D eigenvalue weighted by Crippen LogP contribution is 2.22. The number of carbonyl (C=O) groups excluding carboxylic acids is 4. The number of halogens is 2. The predicted molar refractivity (Wildman–Crippen MR) is 194 cm³/mol. The summed E-state index contributed by atoms with van der Waals surface area (Å²) in [7, 11) is 5.04. The highest BCUT2D eigenvalue weighted by Gasteiger charge is 2.23. The number of nitrogens with one attached hydrogen (secondary N) is 5. The van der Waals surface area contributed by atoms with Crippen LogP contribution in [0.1, 0.15) is 67.2 Å². The van der Waals surface area contributed by atoms with E-state index in [4.69, 9.17) is 22.7 Å². The van der Waals surface area contributed by atoms with Gasteiger partial charge in [-0.1, -0.05) is 25.5 Å². The summed E-state index contributed by atoms with van der Waals surface area (Å²) in [4.78, 5) is 52.5. The van der Waals surface area contributed by atoms with E-state index in [1.807, 2.05) is 12.1 Å². The summed E-state index contributed by atoms with van der Waals surface area (Å²) in [5, 5.41) is 16.9. The zero-order valence-electron chi connectivity index (χ0n) is 27.8. The Bertz CT molecular complexity index is 1810. The van der Waals surface area contributed by atoms with E-state index in [1.165, 1.54) is 17.1 Å². The zero-order chi connectivity index (χ0) is 35.0. The van der Waals surface area contributed by atoms with Gasteiger partial charge in [-0.2, -0.15) is 0 Å². The number of nitrogens with two attached hydrogens (primary N) is 1. The van der Waals surface area contributed by atoms with Crippen LogP contribution < -0.4 is 32.1 Å². The van der Waals surface area contributed by atoms with Gasteiger partial charge < -0.3 is 35.4 Å². The van der Waals surface area contributed by atoms with Crippen LogP contribution in [-0.4, -0.2) is 62.1 Å². The Hall–Kier alpha value is -5.05. The van der Waals surface area contributed by atoms with Crippen LogP contribution in [0, 0.1) is 5.41 Å². The van der Waals surface area contributed by atoms with Gasteiger partial charge in [0, 0.05) is 70.7 Å². The van der Waals surface area contributed by atoms with Crippen molar-refractivity contribution in [3.05, 3.63) is 89.3 Å². The standard InChI is InChI=1S/C33H41ClN10O4.ClH/c1-5-6-21-7-9-22(10-8-21)33(48)44(38-14-12-34)25-17-28(43(4)20-25)32(47)40-24-16-27(42(3)19-24)31(46)39-23-15-26(41(2)18-23)30(45)37-13-11-29(35)36;/h7-10,15-20,38H,5-6,11-14H2,1-4H3,(H3,35,36)(H,37,45)(H,39,46)(H,40,47);1H. The van der Waals surface area contributed by atoms with Crippen LogP contribution >= 0.6 is 24.0 Å². The van der Waals surface area contributed by atoms with Crippen molar-refractivity contribution in [2.75, 3.05) is 34.6 Å². The van der Waals surface area contributed by atoms with Gasteiger partial charge in [0.15, 0.2) is 0 Å². The van der Waals surface area contributed by atoms with Gasteiger partial charge in [0.25, 0.3) is 23.6 Å². The molecule has 0 saturated heterocycles. The molecule has 0 fully saturated rings. The second-order valence-electron chi connectivity index (χ2n) is 11.3. The highest BCUT2D eigenvalue weighted by atomic mass is 35.5. The minimum atomic E-state index is -0.449. The minimum Gasteiger partial charge on any atom is -0.388 e. The fraction of sp³-hybridized carbons (Fsp3) is 0.303. The lowest BCUT2D eigenvalue weighted by atomic mass is 10.1. The molecule has 3 aromatic heterocycles. The number of hydrogen-bond donors (Lipinski definition) is 6. The summed E-state index contributed by atoms with van der Waals surface area (Å²) in [6.07, 6.45) is 7.04. The van der Waals surface area contributed by atoms with Crippen LogP contribution in [0.5, 0.6) is 0 Å². The molecule has 3 heterocycles. The fourth-order valence-electron chi connectivity index (χ4n) is 5.07. The van der Waals surface area contributed by atoms with Crippen molar-refractivity contribution in [2.24, 2.45) is 26.9 Å². The second kappa shape index (κ2) is 17.4. The molecule has 0 unspecified atom stereocenters. The monoisotopic (exact) mass is 712 g/mol. The maximum absolute atomic E-state index is 13.5. The first-order valence-electron chi connectivity index (χ1n) is 15.4. The molecule has 0 aliphatic heterocycles. The Kier molecular flexibility index (Phi) is 13.6. The first-order valence-corrected chi connectivity index (χ1v) is 15.9. The van der Waals surface area contributed by atoms with E-state index in [9.17, 15) is 19.2 Å². The summed E-state index contributed by atoms with van der Waals surface area (Å²) in [6.45, 7) is 2.64. The van der Waals surface area contributed by atoms with Crippen LogP contribution in [-0.2, 0) is 27.6 Å². The Balaban J connectivity index is 0.00000650. The molecule has 0 radical (unpaired) electrons. The molecule has 49 heavy (non-hydrogen) atoms. The third-order valence-electron chi connectivity index (χ3n) is 7.46. The molecule has 7 N–H and O–H groups in total. The van der Waals surface area contributed by atoms with Gasteiger partial charge in [-0.3, -0.25) is 24.6 Å². The number of aryl methyl sites for hydroxylation is 4. The molecule has 262 valence electrons. The van der Waals surface area contributed by atoms with Gasteiger partial charge in [-0.25, -0.2) is 10.4 Å². The van der Waals surface area contributed by atoms with Gasteiger partial charge in [-0.05, 0) is 42.3 Å². The topological polar surface area (TPSA) is 184 Å². The summed E-state index contributed by atoms with van der Waals surface area (Å²) in [5.41, 5.74) is 12.1. The Morgan fingerprint density at radius 2 is 1.35 bits per heavy atom. The lowest BCUT2D eigenvalue weighted by Crippen LogP contribution is -2.44. The largest absolute Gasteiger partial charge is 0.388 e. The van der Waals surface area contributed by atoms with Crippen LogP contribution in [0.4, 0.5) is 17.1 Å². The number of aromatic nitrogens is 3. The number of alkyl halides is 1.